The first-order chi connectivity index (χ1) is 16.9. The van der Waals surface area contributed by atoms with Crippen molar-refractivity contribution in [3.8, 4) is 0 Å². The fraction of sp³-hybridized carbons (Fsp3) is 0.333. The summed E-state index contributed by atoms with van der Waals surface area (Å²) in [5, 5.41) is 7.98. The van der Waals surface area contributed by atoms with Crippen LogP contribution >= 0.6 is 0 Å². The van der Waals surface area contributed by atoms with E-state index in [1.165, 1.54) is 0 Å². The maximum Gasteiger partial charge on any atom is 0.251 e. The summed E-state index contributed by atoms with van der Waals surface area (Å²) in [6.07, 6.45) is 1.85. The fourth-order valence-electron chi connectivity index (χ4n) is 4.34. The first-order valence-electron chi connectivity index (χ1n) is 12.0. The number of rotatable bonds is 8. The molecule has 0 radical (unpaired) electrons. The highest BCUT2D eigenvalue weighted by Crippen LogP contribution is 2.22. The molecule has 3 aromatic rings. The molecule has 1 heterocycles. The molecule has 7 nitrogen and oxygen atoms in total. The largest absolute Gasteiger partial charge is 0.371 e. The summed E-state index contributed by atoms with van der Waals surface area (Å²) in [5.41, 5.74) is 1.57. The number of carbonyl (C=O) groups excluding carboxylic acids is 2. The average molecular weight is 494 g/mol. The second-order valence-corrected chi connectivity index (χ2v) is 11.1. The number of anilines is 1. The quantitative estimate of drug-likeness (QED) is 0.501. The van der Waals surface area contributed by atoms with Gasteiger partial charge in [0, 0.05) is 43.3 Å². The molecule has 4 rings (SSSR count). The second kappa shape index (κ2) is 10.9. The van der Waals surface area contributed by atoms with Crippen LogP contribution in [0.1, 0.15) is 36.5 Å². The highest BCUT2D eigenvalue weighted by Gasteiger charge is 2.21. The van der Waals surface area contributed by atoms with Gasteiger partial charge in [0.05, 0.1) is 10.6 Å². The number of nitrogens with one attached hydrogen (secondary N) is 2. The smallest absolute Gasteiger partial charge is 0.251 e. The van der Waals surface area contributed by atoms with Gasteiger partial charge in [0.15, 0.2) is 9.84 Å². The molecular formula is C27H31N3O4S. The fourth-order valence-corrected chi connectivity index (χ4v) is 5.22. The zero-order valence-electron chi connectivity index (χ0n) is 19.9. The van der Waals surface area contributed by atoms with E-state index in [0.717, 1.165) is 42.4 Å². The molecule has 1 aliphatic rings. The molecule has 1 saturated heterocycles. The van der Waals surface area contributed by atoms with Gasteiger partial charge in [-0.15, -0.1) is 0 Å². The molecule has 8 heteroatoms. The van der Waals surface area contributed by atoms with Crippen molar-refractivity contribution in [2.75, 3.05) is 30.3 Å². The van der Waals surface area contributed by atoms with Gasteiger partial charge in [-0.25, -0.2) is 8.42 Å². The molecule has 3 aromatic carbocycles. The third kappa shape index (κ3) is 6.19. The normalized spacial score (nSPS) is 14.6. The van der Waals surface area contributed by atoms with E-state index in [4.69, 9.17) is 0 Å². The molecule has 184 valence electrons. The molecule has 0 aliphatic carbocycles. The summed E-state index contributed by atoms with van der Waals surface area (Å²) in [4.78, 5) is 27.4. The van der Waals surface area contributed by atoms with Gasteiger partial charge in [-0.2, -0.15) is 0 Å². The van der Waals surface area contributed by atoms with Crippen LogP contribution in [-0.4, -0.2) is 51.7 Å². The molecular weight excluding hydrogens is 462 g/mol. The Morgan fingerprint density at radius 2 is 1.63 bits per heavy atom. The number of carbonyl (C=O) groups is 2. The van der Waals surface area contributed by atoms with Crippen LogP contribution in [0.5, 0.6) is 0 Å². The van der Waals surface area contributed by atoms with Gasteiger partial charge in [-0.3, -0.25) is 9.59 Å². The SMILES string of the molecule is CCS(=O)(=O)c1ccc(N2CCC(NC(=O)CCNC(=O)c3ccc4ccccc4c3)CC2)cc1. The van der Waals surface area contributed by atoms with Crippen molar-refractivity contribution in [2.24, 2.45) is 0 Å². The lowest BCUT2D eigenvalue weighted by atomic mass is 10.0. The lowest BCUT2D eigenvalue weighted by Crippen LogP contribution is -2.45. The molecule has 1 fully saturated rings. The zero-order chi connectivity index (χ0) is 24.8. The number of hydrogen-bond donors (Lipinski definition) is 2. The number of fused-ring (bicyclic) bond motifs is 1. The number of hydrogen-bond acceptors (Lipinski definition) is 5. The minimum atomic E-state index is -3.20. The van der Waals surface area contributed by atoms with Crippen molar-refractivity contribution in [3.05, 3.63) is 72.3 Å². The summed E-state index contributed by atoms with van der Waals surface area (Å²) in [5.74, 6) is -0.170. The third-order valence-electron chi connectivity index (χ3n) is 6.45. The number of benzene rings is 3. The van der Waals surface area contributed by atoms with Gasteiger partial charge in [-0.05, 0) is 60.0 Å². The van der Waals surface area contributed by atoms with Crippen molar-refractivity contribution >= 4 is 38.1 Å². The second-order valence-electron chi connectivity index (χ2n) is 8.79. The monoisotopic (exact) mass is 493 g/mol. The van der Waals surface area contributed by atoms with E-state index >= 15 is 0 Å². The van der Waals surface area contributed by atoms with Crippen LogP contribution in [-0.2, 0) is 14.6 Å². The van der Waals surface area contributed by atoms with E-state index in [2.05, 4.69) is 15.5 Å². The molecule has 35 heavy (non-hydrogen) atoms. The first kappa shape index (κ1) is 24.7. The minimum absolute atomic E-state index is 0.0728. The van der Waals surface area contributed by atoms with Crippen LogP contribution in [0.3, 0.4) is 0 Å². The van der Waals surface area contributed by atoms with Gasteiger partial charge in [0.2, 0.25) is 5.91 Å². The summed E-state index contributed by atoms with van der Waals surface area (Å²) in [6, 6.07) is 20.6. The van der Waals surface area contributed by atoms with E-state index < -0.39 is 9.84 Å². The van der Waals surface area contributed by atoms with Gasteiger partial charge in [0.25, 0.3) is 5.91 Å². The van der Waals surface area contributed by atoms with Gasteiger partial charge in [0.1, 0.15) is 0 Å². The van der Waals surface area contributed by atoms with E-state index in [1.54, 1.807) is 25.1 Å². The summed E-state index contributed by atoms with van der Waals surface area (Å²) >= 11 is 0. The summed E-state index contributed by atoms with van der Waals surface area (Å²) in [6.45, 7) is 3.48. The molecule has 1 aliphatic heterocycles. The van der Waals surface area contributed by atoms with E-state index in [9.17, 15) is 18.0 Å². The van der Waals surface area contributed by atoms with E-state index in [0.29, 0.717) is 10.5 Å². The predicted octanol–water partition coefficient (Wildman–Crippen LogP) is 3.54. The Balaban J connectivity index is 1.19. The van der Waals surface area contributed by atoms with Crippen molar-refractivity contribution in [2.45, 2.75) is 37.1 Å². The average Bonchev–Trinajstić information content (AvgIpc) is 2.89. The molecule has 2 N–H and O–H groups in total. The Morgan fingerprint density at radius 1 is 0.943 bits per heavy atom. The maximum atomic E-state index is 12.4. The van der Waals surface area contributed by atoms with Crippen LogP contribution in [0.4, 0.5) is 5.69 Å². The Morgan fingerprint density at radius 3 is 2.31 bits per heavy atom. The third-order valence-corrected chi connectivity index (χ3v) is 8.20. The zero-order valence-corrected chi connectivity index (χ0v) is 20.7. The minimum Gasteiger partial charge on any atom is -0.371 e. The predicted molar refractivity (Wildman–Crippen MR) is 138 cm³/mol. The lowest BCUT2D eigenvalue weighted by Gasteiger charge is -2.34. The highest BCUT2D eigenvalue weighted by molar-refractivity contribution is 7.91. The Labute approximate surface area is 206 Å². The Hall–Kier alpha value is -3.39. The van der Waals surface area contributed by atoms with Crippen LogP contribution < -0.4 is 15.5 Å². The standard InChI is InChI=1S/C27H31N3O4S/c1-2-35(33,34)25-11-9-24(10-12-25)30-17-14-23(15-18-30)29-26(31)13-16-28-27(32)22-8-7-20-5-3-4-6-21(20)19-22/h3-12,19,23H,2,13-18H2,1H3,(H,28,32)(H,29,31). The number of sulfone groups is 1. The molecule has 0 aromatic heterocycles. The molecule has 0 saturated carbocycles. The van der Waals surface area contributed by atoms with Gasteiger partial charge >= 0.3 is 0 Å². The molecule has 2 amide bonds. The van der Waals surface area contributed by atoms with Crippen LogP contribution in [0.2, 0.25) is 0 Å². The van der Waals surface area contributed by atoms with Gasteiger partial charge in [-0.1, -0.05) is 37.3 Å². The molecule has 0 atom stereocenters. The lowest BCUT2D eigenvalue weighted by molar-refractivity contribution is -0.121. The van der Waals surface area contributed by atoms with Crippen LogP contribution in [0.25, 0.3) is 10.8 Å². The van der Waals surface area contributed by atoms with Crippen molar-refractivity contribution < 1.29 is 18.0 Å². The number of nitrogens with zero attached hydrogens (tertiary/aromatic N) is 1. The number of amides is 2. The summed E-state index contributed by atoms with van der Waals surface area (Å²) in [7, 11) is -3.20. The van der Waals surface area contributed by atoms with Crippen LogP contribution in [0, 0.1) is 0 Å². The number of piperidine rings is 1. The Kier molecular flexibility index (Phi) is 7.70. The molecule has 0 spiro atoms. The first-order valence-corrected chi connectivity index (χ1v) is 13.6. The van der Waals surface area contributed by atoms with Crippen molar-refractivity contribution in [3.63, 3.8) is 0 Å². The van der Waals surface area contributed by atoms with E-state index in [1.807, 2.05) is 48.5 Å². The highest BCUT2D eigenvalue weighted by atomic mass is 32.2. The summed E-state index contributed by atoms with van der Waals surface area (Å²) < 4.78 is 24.0. The van der Waals surface area contributed by atoms with E-state index in [-0.39, 0.29) is 36.6 Å². The topological polar surface area (TPSA) is 95.6 Å². The molecule has 0 unspecified atom stereocenters. The van der Waals surface area contributed by atoms with Crippen molar-refractivity contribution in [1.29, 1.82) is 0 Å². The Bertz CT molecular complexity index is 1300. The molecule has 0 bridgehead atoms. The van der Waals surface area contributed by atoms with Crippen LogP contribution in [0.15, 0.2) is 71.6 Å². The van der Waals surface area contributed by atoms with Crippen molar-refractivity contribution in [1.82, 2.24) is 10.6 Å². The maximum absolute atomic E-state index is 12.4. The van der Waals surface area contributed by atoms with Gasteiger partial charge < -0.3 is 15.5 Å².